The van der Waals surface area contributed by atoms with Crippen molar-refractivity contribution in [3.63, 3.8) is 0 Å². The third-order valence-corrected chi connectivity index (χ3v) is 5.78. The number of nitrogens with zero attached hydrogens (tertiary/aromatic N) is 2. The second-order valence-electron chi connectivity index (χ2n) is 6.36. The van der Waals surface area contributed by atoms with Crippen molar-refractivity contribution >= 4 is 28.2 Å². The number of nitrogens with one attached hydrogen (secondary N) is 1. The molecule has 1 atom stereocenters. The first-order valence-electron chi connectivity index (χ1n) is 8.56. The quantitative estimate of drug-likeness (QED) is 0.859. The maximum Gasteiger partial charge on any atom is 0.269 e. The van der Waals surface area contributed by atoms with Gasteiger partial charge in [-0.2, -0.15) is 5.26 Å². The van der Waals surface area contributed by atoms with Gasteiger partial charge in [-0.25, -0.2) is 0 Å². The van der Waals surface area contributed by atoms with Crippen molar-refractivity contribution in [1.82, 2.24) is 4.90 Å². The van der Waals surface area contributed by atoms with Crippen LogP contribution in [0, 0.1) is 11.3 Å². The van der Waals surface area contributed by atoms with Crippen molar-refractivity contribution in [2.45, 2.75) is 26.0 Å². The van der Waals surface area contributed by atoms with E-state index in [0.717, 1.165) is 10.4 Å². The molecular formula is C19H17N3O4S. The summed E-state index contributed by atoms with van der Waals surface area (Å²) in [6, 6.07) is 9.37. The van der Waals surface area contributed by atoms with Crippen LogP contribution in [0.4, 0.5) is 5.00 Å². The molecule has 0 aliphatic carbocycles. The molecule has 1 aromatic carbocycles. The van der Waals surface area contributed by atoms with E-state index in [1.54, 1.807) is 17.0 Å². The number of anilines is 1. The van der Waals surface area contributed by atoms with E-state index in [-0.39, 0.29) is 18.4 Å². The van der Waals surface area contributed by atoms with Crippen LogP contribution >= 0.6 is 11.3 Å². The predicted octanol–water partition coefficient (Wildman–Crippen LogP) is 2.30. The van der Waals surface area contributed by atoms with Gasteiger partial charge in [-0.3, -0.25) is 9.59 Å². The number of amides is 2. The van der Waals surface area contributed by atoms with Gasteiger partial charge >= 0.3 is 0 Å². The fraction of sp³-hybridized carbons (Fsp3) is 0.316. The monoisotopic (exact) mass is 383 g/mol. The van der Waals surface area contributed by atoms with Crippen LogP contribution in [0.25, 0.3) is 0 Å². The third kappa shape index (κ3) is 3.22. The second-order valence-corrected chi connectivity index (χ2v) is 7.47. The number of rotatable bonds is 2. The molecule has 27 heavy (non-hydrogen) atoms. The maximum absolute atomic E-state index is 12.6. The highest BCUT2D eigenvalue weighted by atomic mass is 32.1. The molecule has 7 nitrogen and oxygen atoms in total. The lowest BCUT2D eigenvalue weighted by atomic mass is 10.0. The van der Waals surface area contributed by atoms with Crippen LogP contribution < -0.4 is 14.8 Å². The Bertz CT molecular complexity index is 962. The molecule has 0 bridgehead atoms. The molecule has 2 aliphatic heterocycles. The number of benzene rings is 1. The first-order valence-corrected chi connectivity index (χ1v) is 9.38. The molecule has 0 saturated carbocycles. The normalized spacial score (nSPS) is 17.6. The molecule has 1 aromatic heterocycles. The minimum atomic E-state index is -0.792. The Labute approximate surface area is 160 Å². The van der Waals surface area contributed by atoms with Gasteiger partial charge < -0.3 is 19.7 Å². The lowest BCUT2D eigenvalue weighted by Crippen LogP contribution is -2.40. The molecule has 1 N–H and O–H groups in total. The number of para-hydroxylation sites is 2. The Hall–Kier alpha value is -3.05. The zero-order chi connectivity index (χ0) is 19.0. The number of nitriles is 1. The van der Waals surface area contributed by atoms with Crippen LogP contribution in [0.15, 0.2) is 24.3 Å². The Morgan fingerprint density at radius 1 is 1.33 bits per heavy atom. The van der Waals surface area contributed by atoms with Gasteiger partial charge in [-0.05, 0) is 24.1 Å². The maximum atomic E-state index is 12.6. The highest BCUT2D eigenvalue weighted by Crippen LogP contribution is 2.37. The largest absolute Gasteiger partial charge is 0.485 e. The Balaban J connectivity index is 1.53. The zero-order valence-corrected chi connectivity index (χ0v) is 15.5. The molecule has 0 unspecified atom stereocenters. The molecule has 3 heterocycles. The summed E-state index contributed by atoms with van der Waals surface area (Å²) < 4.78 is 11.3. The number of fused-ring (bicyclic) bond motifs is 2. The average Bonchev–Trinajstić information content (AvgIpc) is 3.03. The van der Waals surface area contributed by atoms with E-state index in [2.05, 4.69) is 11.4 Å². The number of ether oxygens (including phenoxy) is 2. The van der Waals surface area contributed by atoms with E-state index < -0.39 is 6.10 Å². The lowest BCUT2D eigenvalue weighted by molar-refractivity contribution is -0.129. The minimum absolute atomic E-state index is 0.00422. The van der Waals surface area contributed by atoms with E-state index in [1.807, 2.05) is 12.1 Å². The molecule has 0 spiro atoms. The highest BCUT2D eigenvalue weighted by molar-refractivity contribution is 7.16. The molecule has 2 amide bonds. The van der Waals surface area contributed by atoms with Crippen molar-refractivity contribution in [2.75, 3.05) is 18.5 Å². The van der Waals surface area contributed by atoms with Crippen LogP contribution in [0.2, 0.25) is 0 Å². The predicted molar refractivity (Wildman–Crippen MR) is 98.8 cm³/mol. The Morgan fingerprint density at radius 3 is 2.85 bits per heavy atom. The van der Waals surface area contributed by atoms with Gasteiger partial charge in [-0.1, -0.05) is 12.1 Å². The van der Waals surface area contributed by atoms with Gasteiger partial charge in [0.05, 0.1) is 12.1 Å². The topological polar surface area (TPSA) is 91.7 Å². The average molecular weight is 383 g/mol. The molecule has 138 valence electrons. The van der Waals surface area contributed by atoms with E-state index in [1.165, 1.54) is 18.3 Å². The summed E-state index contributed by atoms with van der Waals surface area (Å²) in [5.41, 5.74) is 1.39. The standard InChI is InChI=1S/C19H17N3O4S/c1-11(23)22-7-6-12-13(8-20)19(27-17(12)9-22)21-18(24)16-10-25-14-4-2-3-5-15(14)26-16/h2-5,16H,6-7,9-10H2,1H3,(H,21,24)/t16-/m0/s1. The second kappa shape index (κ2) is 6.93. The first-order chi connectivity index (χ1) is 13.1. The SMILES string of the molecule is CC(=O)N1CCc2c(sc(NC(=O)[C@@H]3COc4ccccc4O3)c2C#N)C1. The molecule has 0 radical (unpaired) electrons. The summed E-state index contributed by atoms with van der Waals surface area (Å²) in [4.78, 5) is 26.9. The molecular weight excluding hydrogens is 366 g/mol. The van der Waals surface area contributed by atoms with Gasteiger partial charge in [0.15, 0.2) is 11.5 Å². The molecule has 0 saturated heterocycles. The van der Waals surface area contributed by atoms with E-state index >= 15 is 0 Å². The zero-order valence-electron chi connectivity index (χ0n) is 14.7. The van der Waals surface area contributed by atoms with Crippen LogP contribution in [0.1, 0.15) is 22.9 Å². The van der Waals surface area contributed by atoms with Crippen molar-refractivity contribution in [1.29, 1.82) is 5.26 Å². The van der Waals surface area contributed by atoms with Gasteiger partial charge in [0, 0.05) is 18.3 Å². The molecule has 8 heteroatoms. The molecule has 0 fully saturated rings. The van der Waals surface area contributed by atoms with Crippen LogP contribution in [-0.2, 0) is 22.6 Å². The minimum Gasteiger partial charge on any atom is -0.485 e. The number of carbonyl (C=O) groups excluding carboxylic acids is 2. The fourth-order valence-electron chi connectivity index (χ4n) is 3.22. The van der Waals surface area contributed by atoms with Gasteiger partial charge in [0.2, 0.25) is 12.0 Å². The van der Waals surface area contributed by atoms with Gasteiger partial charge in [0.1, 0.15) is 17.7 Å². The molecule has 2 aliphatic rings. The number of hydrogen-bond donors (Lipinski definition) is 1. The summed E-state index contributed by atoms with van der Waals surface area (Å²) in [5, 5.41) is 12.9. The van der Waals surface area contributed by atoms with Crippen molar-refractivity contribution in [3.05, 3.63) is 40.3 Å². The first kappa shape index (κ1) is 17.4. The summed E-state index contributed by atoms with van der Waals surface area (Å²) in [6.07, 6.45) is -0.181. The van der Waals surface area contributed by atoms with E-state index in [0.29, 0.717) is 41.6 Å². The van der Waals surface area contributed by atoms with Crippen molar-refractivity contribution in [3.8, 4) is 17.6 Å². The van der Waals surface area contributed by atoms with E-state index in [9.17, 15) is 14.9 Å². The Morgan fingerprint density at radius 2 is 2.11 bits per heavy atom. The van der Waals surface area contributed by atoms with Crippen LogP contribution in [0.5, 0.6) is 11.5 Å². The fourth-order valence-corrected chi connectivity index (χ4v) is 4.44. The van der Waals surface area contributed by atoms with Crippen LogP contribution in [0.3, 0.4) is 0 Å². The summed E-state index contributed by atoms with van der Waals surface area (Å²) in [5.74, 6) is 0.773. The molecule has 4 rings (SSSR count). The number of thiophene rings is 1. The van der Waals surface area contributed by atoms with Crippen LogP contribution in [-0.4, -0.2) is 36.0 Å². The summed E-state index contributed by atoms with van der Waals surface area (Å²) in [6.45, 7) is 2.69. The number of carbonyl (C=O) groups is 2. The summed E-state index contributed by atoms with van der Waals surface area (Å²) in [7, 11) is 0. The third-order valence-electron chi connectivity index (χ3n) is 4.65. The highest BCUT2D eigenvalue weighted by Gasteiger charge is 2.30. The van der Waals surface area contributed by atoms with E-state index in [4.69, 9.17) is 9.47 Å². The smallest absolute Gasteiger partial charge is 0.269 e. The Kier molecular flexibility index (Phi) is 4.46. The molecule has 2 aromatic rings. The van der Waals surface area contributed by atoms with Crippen molar-refractivity contribution in [2.24, 2.45) is 0 Å². The van der Waals surface area contributed by atoms with Crippen molar-refractivity contribution < 1.29 is 19.1 Å². The van der Waals surface area contributed by atoms with Gasteiger partial charge in [0.25, 0.3) is 5.91 Å². The summed E-state index contributed by atoms with van der Waals surface area (Å²) >= 11 is 1.34. The van der Waals surface area contributed by atoms with Gasteiger partial charge in [-0.15, -0.1) is 11.3 Å². The lowest BCUT2D eigenvalue weighted by Gasteiger charge is -2.25. The number of hydrogen-bond acceptors (Lipinski definition) is 6.